The molecule has 5 nitrogen and oxygen atoms in total. The van der Waals surface area contributed by atoms with E-state index in [1.54, 1.807) is 12.3 Å². The Labute approximate surface area is 113 Å². The first kappa shape index (κ1) is 13.5. The van der Waals surface area contributed by atoms with Crippen molar-refractivity contribution in [2.24, 2.45) is 4.99 Å². The van der Waals surface area contributed by atoms with Crippen LogP contribution in [0.3, 0.4) is 0 Å². The van der Waals surface area contributed by atoms with E-state index in [2.05, 4.69) is 34.2 Å². The fourth-order valence-electron chi connectivity index (χ4n) is 2.21. The first-order valence-corrected chi connectivity index (χ1v) is 6.47. The van der Waals surface area contributed by atoms with Crippen LogP contribution in [-0.4, -0.2) is 49.9 Å². The van der Waals surface area contributed by atoms with E-state index in [9.17, 15) is 4.79 Å². The van der Waals surface area contributed by atoms with Gasteiger partial charge in [-0.2, -0.15) is 0 Å². The number of rotatable bonds is 4. The molecule has 1 atom stereocenters. The molecule has 5 heteroatoms. The molecule has 1 saturated heterocycles. The topological polar surface area (TPSA) is 56.7 Å². The van der Waals surface area contributed by atoms with E-state index in [1.807, 2.05) is 12.2 Å². The highest BCUT2D eigenvalue weighted by Crippen LogP contribution is 2.10. The van der Waals surface area contributed by atoms with Crippen molar-refractivity contribution in [3.8, 4) is 0 Å². The molecule has 2 heterocycles. The molecular weight excluding hydrogens is 240 g/mol. The van der Waals surface area contributed by atoms with Gasteiger partial charge in [0.05, 0.1) is 12.2 Å². The van der Waals surface area contributed by atoms with Gasteiger partial charge in [0.25, 0.3) is 0 Å². The molecule has 0 bridgehead atoms. The lowest BCUT2D eigenvalue weighted by atomic mass is 10.2. The van der Waals surface area contributed by atoms with Crippen LogP contribution in [0.5, 0.6) is 0 Å². The number of amides is 2. The minimum atomic E-state index is -0.127. The van der Waals surface area contributed by atoms with Crippen molar-refractivity contribution in [2.45, 2.75) is 12.5 Å². The third kappa shape index (κ3) is 4.06. The van der Waals surface area contributed by atoms with Crippen LogP contribution in [-0.2, 0) is 0 Å². The summed E-state index contributed by atoms with van der Waals surface area (Å²) < 4.78 is 0. The van der Waals surface area contributed by atoms with E-state index in [-0.39, 0.29) is 12.1 Å². The Kier molecular flexibility index (Phi) is 4.52. The van der Waals surface area contributed by atoms with Crippen molar-refractivity contribution in [3.63, 3.8) is 0 Å². The lowest BCUT2D eigenvalue weighted by molar-refractivity contribution is 0.237. The van der Waals surface area contributed by atoms with Gasteiger partial charge in [0.15, 0.2) is 0 Å². The Bertz CT molecular complexity index is 450. The molecule has 0 unspecified atom stereocenters. The largest absolute Gasteiger partial charge is 0.334 e. The van der Waals surface area contributed by atoms with Gasteiger partial charge >= 0.3 is 6.03 Å². The summed E-state index contributed by atoms with van der Waals surface area (Å²) in [5.74, 6) is 0. The van der Waals surface area contributed by atoms with Crippen LogP contribution >= 0.6 is 0 Å². The molecule has 0 aromatic rings. The first-order valence-electron chi connectivity index (χ1n) is 6.47. The van der Waals surface area contributed by atoms with Crippen LogP contribution in [0.25, 0.3) is 0 Å². The Balaban J connectivity index is 1.73. The third-order valence-corrected chi connectivity index (χ3v) is 3.18. The second-order valence-corrected chi connectivity index (χ2v) is 4.87. The van der Waals surface area contributed by atoms with Gasteiger partial charge < -0.3 is 15.5 Å². The van der Waals surface area contributed by atoms with Gasteiger partial charge in [0.2, 0.25) is 0 Å². The average Bonchev–Trinajstić information content (AvgIpc) is 2.97. The second-order valence-electron chi connectivity index (χ2n) is 4.87. The van der Waals surface area contributed by atoms with E-state index in [4.69, 9.17) is 0 Å². The highest BCUT2D eigenvalue weighted by molar-refractivity contribution is 5.87. The number of urea groups is 1. The van der Waals surface area contributed by atoms with Crippen molar-refractivity contribution in [2.75, 3.05) is 26.7 Å². The fraction of sp³-hybridized carbons (Fsp3) is 0.429. The van der Waals surface area contributed by atoms with Gasteiger partial charge in [-0.05, 0) is 31.7 Å². The van der Waals surface area contributed by atoms with Gasteiger partial charge in [-0.25, -0.2) is 4.79 Å². The molecule has 2 aliphatic heterocycles. The zero-order valence-electron chi connectivity index (χ0n) is 11.2. The number of aliphatic imine (C=N–C) groups is 1. The predicted molar refractivity (Wildman–Crippen MR) is 77.3 cm³/mol. The Hall–Kier alpha value is -1.88. The number of nitrogens with one attached hydrogen (secondary N) is 2. The van der Waals surface area contributed by atoms with E-state index < -0.39 is 0 Å². The monoisotopic (exact) mass is 260 g/mol. The maximum absolute atomic E-state index is 11.7. The van der Waals surface area contributed by atoms with Crippen molar-refractivity contribution in [1.29, 1.82) is 0 Å². The normalized spacial score (nSPS) is 24.6. The molecule has 2 rings (SSSR count). The van der Waals surface area contributed by atoms with Crippen molar-refractivity contribution in [3.05, 3.63) is 36.1 Å². The summed E-state index contributed by atoms with van der Waals surface area (Å²) >= 11 is 0. The van der Waals surface area contributed by atoms with E-state index in [0.717, 1.165) is 30.8 Å². The molecule has 0 aromatic carbocycles. The standard InChI is InChI=1S/C14H20N4O/c1-3-4-11-7-13(15-8-11)9-16-14(19)17-12-5-6-18(2)10-12/h3-4,7-8,12H,1,5-6,9-10H2,2H3,(H2,16,17,19)/b11-4-/t12-/m1/s1. The minimum absolute atomic E-state index is 0.127. The number of nitrogens with zero attached hydrogens (tertiary/aromatic N) is 2. The van der Waals surface area contributed by atoms with Gasteiger partial charge in [-0.15, -0.1) is 0 Å². The summed E-state index contributed by atoms with van der Waals surface area (Å²) in [7, 11) is 2.06. The van der Waals surface area contributed by atoms with E-state index in [0.29, 0.717) is 6.54 Å². The molecule has 0 radical (unpaired) electrons. The van der Waals surface area contributed by atoms with Crippen molar-refractivity contribution < 1.29 is 4.79 Å². The number of allylic oxidation sites excluding steroid dienone is 4. The van der Waals surface area contributed by atoms with E-state index >= 15 is 0 Å². The van der Waals surface area contributed by atoms with Gasteiger partial charge in [0.1, 0.15) is 0 Å². The molecule has 0 spiro atoms. The molecule has 0 saturated carbocycles. The molecule has 2 aliphatic rings. The number of likely N-dealkylation sites (tertiary alicyclic amines) is 1. The van der Waals surface area contributed by atoms with Crippen LogP contribution < -0.4 is 10.6 Å². The summed E-state index contributed by atoms with van der Waals surface area (Å²) in [4.78, 5) is 18.1. The third-order valence-electron chi connectivity index (χ3n) is 3.18. The second kappa shape index (κ2) is 6.33. The van der Waals surface area contributed by atoms with Crippen LogP contribution in [0.2, 0.25) is 0 Å². The summed E-state index contributed by atoms with van der Waals surface area (Å²) in [6.07, 6.45) is 8.31. The Morgan fingerprint density at radius 3 is 3.21 bits per heavy atom. The Morgan fingerprint density at radius 2 is 2.53 bits per heavy atom. The van der Waals surface area contributed by atoms with E-state index in [1.165, 1.54) is 0 Å². The summed E-state index contributed by atoms with van der Waals surface area (Å²) in [6, 6.07) is 0.125. The van der Waals surface area contributed by atoms with Gasteiger partial charge in [0, 0.05) is 18.8 Å². The average molecular weight is 260 g/mol. The predicted octanol–water partition coefficient (Wildman–Crippen LogP) is 1.07. The number of likely N-dealkylation sites (N-methyl/N-ethyl adjacent to an activating group) is 1. The smallest absolute Gasteiger partial charge is 0.315 e. The molecule has 0 aliphatic carbocycles. The van der Waals surface area contributed by atoms with Gasteiger partial charge in [-0.1, -0.05) is 18.7 Å². The number of carbonyl (C=O) groups excluding carboxylic acids is 1. The minimum Gasteiger partial charge on any atom is -0.334 e. The Morgan fingerprint density at radius 1 is 1.68 bits per heavy atom. The zero-order chi connectivity index (χ0) is 13.7. The van der Waals surface area contributed by atoms with Crippen LogP contribution in [0.4, 0.5) is 4.79 Å². The maximum Gasteiger partial charge on any atom is 0.315 e. The quantitative estimate of drug-likeness (QED) is 0.794. The maximum atomic E-state index is 11.7. The summed E-state index contributed by atoms with van der Waals surface area (Å²) in [5.41, 5.74) is 1.86. The summed E-state index contributed by atoms with van der Waals surface area (Å²) in [5, 5.41) is 5.79. The number of hydrogen-bond acceptors (Lipinski definition) is 3. The number of carbonyl (C=O) groups is 1. The number of hydrogen-bond donors (Lipinski definition) is 2. The molecule has 2 amide bonds. The lowest BCUT2D eigenvalue weighted by Crippen LogP contribution is -2.43. The van der Waals surface area contributed by atoms with Gasteiger partial charge in [-0.3, -0.25) is 4.99 Å². The highest BCUT2D eigenvalue weighted by Gasteiger charge is 2.20. The van der Waals surface area contributed by atoms with Crippen LogP contribution in [0.15, 0.2) is 41.1 Å². The SMILES string of the molecule is C=C/C=C1\C=NC(CNC(=O)N[C@@H]2CCN(C)C2)=C1. The van der Waals surface area contributed by atoms with Crippen LogP contribution in [0.1, 0.15) is 6.42 Å². The lowest BCUT2D eigenvalue weighted by Gasteiger charge is -2.13. The molecule has 2 N–H and O–H groups in total. The summed E-state index contributed by atoms with van der Waals surface area (Å²) in [6.45, 7) is 6.03. The first-order chi connectivity index (χ1) is 9.17. The molecule has 0 aromatic heterocycles. The molecule has 19 heavy (non-hydrogen) atoms. The van der Waals surface area contributed by atoms with Crippen molar-refractivity contribution in [1.82, 2.24) is 15.5 Å². The molecule has 102 valence electrons. The van der Waals surface area contributed by atoms with Crippen LogP contribution in [0, 0.1) is 0 Å². The molecule has 1 fully saturated rings. The zero-order valence-corrected chi connectivity index (χ0v) is 11.2. The highest BCUT2D eigenvalue weighted by atomic mass is 16.2. The van der Waals surface area contributed by atoms with Crippen molar-refractivity contribution >= 4 is 12.2 Å². The fourth-order valence-corrected chi connectivity index (χ4v) is 2.21. The molecular formula is C14H20N4O.